The maximum Gasteiger partial charge on any atom is 0.276 e. The average molecular weight is 842 g/mol. The highest BCUT2D eigenvalue weighted by molar-refractivity contribution is 7.67. The molecule has 6 atom stereocenters. The van der Waals surface area contributed by atoms with Crippen LogP contribution >= 0.6 is 23.2 Å². The third kappa shape index (κ3) is 14.0. The topological polar surface area (TPSA) is 349 Å². The van der Waals surface area contributed by atoms with Gasteiger partial charge in [-0.2, -0.15) is 0 Å². The molecule has 27 heteroatoms. The van der Waals surface area contributed by atoms with Crippen LogP contribution in [0, 0.1) is 18.5 Å². The van der Waals surface area contributed by atoms with Crippen molar-refractivity contribution in [2.24, 2.45) is 5.11 Å². The fourth-order valence-corrected chi connectivity index (χ4v) is 8.00. The summed E-state index contributed by atoms with van der Waals surface area (Å²) in [5, 5.41) is 8.98. The number of phosphoric acid groups is 2. The van der Waals surface area contributed by atoms with Crippen LogP contribution < -0.4 is 35.8 Å². The number of phosphoric ester groups is 1. The highest BCUT2D eigenvalue weighted by Gasteiger charge is 2.31. The minimum absolute atomic E-state index is 0.0254. The Balaban J connectivity index is 1.23. The molecule has 4 N–H and O–H groups in total. The molecule has 56 heavy (non-hydrogen) atoms. The molecule has 0 bridgehead atoms. The maximum atomic E-state index is 12.3. The van der Waals surface area contributed by atoms with Crippen molar-refractivity contribution >= 4 is 51.9 Å². The third-order valence-electron chi connectivity index (χ3n) is 7.14. The Labute approximate surface area is 318 Å². The van der Waals surface area contributed by atoms with E-state index < -0.39 is 54.3 Å². The lowest BCUT2D eigenvalue weighted by atomic mass is 10.2. The molecule has 24 nitrogen and oxygen atoms in total. The zero-order valence-electron chi connectivity index (χ0n) is 29.3. The minimum atomic E-state index is -5.86. The van der Waals surface area contributed by atoms with E-state index in [0.29, 0.717) is 34.3 Å². The van der Waals surface area contributed by atoms with Gasteiger partial charge in [0.15, 0.2) is 6.23 Å². The number of azide groups is 1. The molecular formula is C29H34N9O15P3-4. The Kier molecular flexibility index (Phi) is 15.9. The van der Waals surface area contributed by atoms with E-state index in [-0.39, 0.29) is 51.1 Å². The van der Waals surface area contributed by atoms with E-state index in [1.807, 2.05) is 0 Å². The molecule has 1 saturated heterocycles. The van der Waals surface area contributed by atoms with E-state index in [0.717, 1.165) is 0 Å². The Bertz CT molecular complexity index is 2130. The first-order chi connectivity index (χ1) is 26.5. The van der Waals surface area contributed by atoms with E-state index in [9.17, 15) is 38.0 Å². The first-order valence-electron chi connectivity index (χ1n) is 16.0. The van der Waals surface area contributed by atoms with Crippen molar-refractivity contribution in [3.8, 4) is 17.6 Å². The molecule has 304 valence electrons. The van der Waals surface area contributed by atoms with E-state index in [2.05, 4.69) is 62.3 Å². The minimum Gasteiger partial charge on any atom is -0.802 e. The first-order valence-corrected chi connectivity index (χ1v) is 20.7. The summed E-state index contributed by atoms with van der Waals surface area (Å²) < 4.78 is 70.2. The smallest absolute Gasteiger partial charge is 0.276 e. The van der Waals surface area contributed by atoms with Crippen LogP contribution in [-0.4, -0.2) is 85.3 Å². The summed E-state index contributed by atoms with van der Waals surface area (Å²) in [5.74, 6) is 5.35. The van der Waals surface area contributed by atoms with Gasteiger partial charge in [0.05, 0.1) is 43.4 Å². The summed E-state index contributed by atoms with van der Waals surface area (Å²) in [6, 6.07) is 6.38. The zero-order valence-corrected chi connectivity index (χ0v) is 32.0. The summed E-state index contributed by atoms with van der Waals surface area (Å²) in [7, 11) is -15.1. The van der Waals surface area contributed by atoms with Crippen LogP contribution in [0.25, 0.3) is 21.5 Å². The normalized spacial score (nSPS) is 18.9. The van der Waals surface area contributed by atoms with Gasteiger partial charge in [-0.1, -0.05) is 23.0 Å². The first kappa shape index (κ1) is 44.3. The molecule has 0 spiro atoms. The summed E-state index contributed by atoms with van der Waals surface area (Å²) in [6.07, 6.45) is 0.736. The van der Waals surface area contributed by atoms with E-state index >= 15 is 0 Å². The molecule has 1 aromatic carbocycles. The van der Waals surface area contributed by atoms with Gasteiger partial charge in [-0.15, -0.1) is 0 Å². The molecular weight excluding hydrogens is 807 g/mol. The number of hydrogen-bond acceptors (Lipinski definition) is 19. The van der Waals surface area contributed by atoms with Crippen LogP contribution in [0.3, 0.4) is 0 Å². The number of anilines is 1. The number of benzene rings is 1. The SMILES string of the molecule is [CH2-]P(=O)([O-])OP(=O)([O-])OP(=O)([O-])OC[C@@H]1CC[C@H](n2cc(C#CCNC(=O)COCCOC(COc3cccc(C(=O)NC)c3)N=[N+]=[N-])c3c(N)ncnc32)O1. The third-order valence-corrected chi connectivity index (χ3v) is 11.0. The second kappa shape index (κ2) is 20.1. The summed E-state index contributed by atoms with van der Waals surface area (Å²) in [4.78, 5) is 69.6. The monoisotopic (exact) mass is 841 g/mol. The fourth-order valence-electron chi connectivity index (χ4n) is 4.88. The molecule has 1 fully saturated rings. The Morgan fingerprint density at radius 1 is 1.20 bits per heavy atom. The predicted octanol–water partition coefficient (Wildman–Crippen LogP) is 0.599. The van der Waals surface area contributed by atoms with Crippen LogP contribution in [0.5, 0.6) is 5.75 Å². The molecule has 4 unspecified atom stereocenters. The largest absolute Gasteiger partial charge is 0.802 e. The number of nitrogen functional groups attached to an aromatic ring is 1. The van der Waals surface area contributed by atoms with Crippen molar-refractivity contribution in [3.63, 3.8) is 0 Å². The summed E-state index contributed by atoms with van der Waals surface area (Å²) in [5.41, 5.74) is 16.0. The molecule has 2 amide bonds. The van der Waals surface area contributed by atoms with Gasteiger partial charge in [-0.05, 0) is 36.6 Å². The van der Waals surface area contributed by atoms with Gasteiger partial charge >= 0.3 is 0 Å². The molecule has 3 aromatic rings. The summed E-state index contributed by atoms with van der Waals surface area (Å²) in [6.45, 7) is 1.12. The van der Waals surface area contributed by atoms with Crippen molar-refractivity contribution in [1.29, 1.82) is 0 Å². The van der Waals surface area contributed by atoms with Gasteiger partial charge in [0.25, 0.3) is 21.6 Å². The number of rotatable bonds is 20. The maximum absolute atomic E-state index is 12.3. The Morgan fingerprint density at radius 2 is 1.98 bits per heavy atom. The average Bonchev–Trinajstić information content (AvgIpc) is 3.75. The lowest BCUT2D eigenvalue weighted by molar-refractivity contribution is -0.245. The number of carbonyl (C=O) groups excluding carboxylic acids is 2. The number of hydrogen-bond donors (Lipinski definition) is 3. The van der Waals surface area contributed by atoms with Gasteiger partial charge < -0.3 is 68.0 Å². The Morgan fingerprint density at radius 3 is 2.71 bits per heavy atom. The molecule has 0 radical (unpaired) electrons. The number of aromatic nitrogens is 3. The number of nitrogens with two attached hydrogens (primary N) is 1. The van der Waals surface area contributed by atoms with Crippen molar-refractivity contribution in [3.05, 3.63) is 65.0 Å². The van der Waals surface area contributed by atoms with Crippen LogP contribution in [0.15, 0.2) is 41.9 Å². The highest BCUT2D eigenvalue weighted by atomic mass is 31.3. The van der Waals surface area contributed by atoms with Gasteiger partial charge in [0.1, 0.15) is 43.0 Å². The zero-order chi connectivity index (χ0) is 40.9. The number of nitrogens with one attached hydrogen (secondary N) is 2. The molecule has 0 aliphatic carbocycles. The predicted molar refractivity (Wildman–Crippen MR) is 186 cm³/mol. The van der Waals surface area contributed by atoms with Crippen LogP contribution in [0.4, 0.5) is 5.82 Å². The lowest BCUT2D eigenvalue weighted by Gasteiger charge is -2.36. The lowest BCUT2D eigenvalue weighted by Crippen LogP contribution is -2.29. The van der Waals surface area contributed by atoms with Crippen molar-refractivity contribution in [1.82, 2.24) is 25.2 Å². The van der Waals surface area contributed by atoms with Crippen molar-refractivity contribution in [2.75, 3.05) is 52.4 Å². The van der Waals surface area contributed by atoms with E-state index in [1.54, 1.807) is 29.0 Å². The quantitative estimate of drug-likeness (QED) is 0.0267. The standard InChI is InChI=1S/C29H37N9O15P3/c1-32-29(40)19-5-3-7-21(13-19)49-17-24(36-37-31)48-12-11-47-16-23(39)33-10-4-6-20-14-38(28-26(20)27(30)34-18-35-28)25-9-8-22(51-25)15-50-55(43,44)53-56(45,46)52-54(2,41)42/h3,5,7,13-14,18,22,24-25H,2,8-12,15-17H2,1H3,(H,32,40)(H,33,39)(H,41,42)(H,43,44)(H,45,46)(H2,30,34,35)/q-1/p-3/t22-,24?,25+/m0/s1. The number of ether oxygens (including phenoxy) is 4. The number of fused-ring (bicyclic) bond motifs is 1. The second-order valence-corrected chi connectivity index (χ2v) is 15.8. The molecule has 2 aromatic heterocycles. The molecule has 1 aliphatic rings. The van der Waals surface area contributed by atoms with Crippen LogP contribution in [0.2, 0.25) is 0 Å². The highest BCUT2D eigenvalue weighted by Crippen LogP contribution is 2.62. The van der Waals surface area contributed by atoms with Crippen LogP contribution in [-0.2, 0) is 45.8 Å². The van der Waals surface area contributed by atoms with Crippen molar-refractivity contribution in [2.45, 2.75) is 31.4 Å². The molecule has 0 saturated carbocycles. The number of amides is 2. The van der Waals surface area contributed by atoms with E-state index in [1.165, 1.54) is 19.4 Å². The van der Waals surface area contributed by atoms with Gasteiger partial charge in [0, 0.05) is 31.3 Å². The second-order valence-electron chi connectivity index (χ2n) is 11.2. The van der Waals surface area contributed by atoms with E-state index in [4.69, 9.17) is 30.2 Å². The van der Waals surface area contributed by atoms with Gasteiger partial charge in [-0.25, -0.2) is 14.3 Å². The fraction of sp³-hybridized carbons (Fsp3) is 0.414. The van der Waals surface area contributed by atoms with Crippen molar-refractivity contribution < 1.29 is 70.1 Å². The number of carbonyl (C=O) groups is 2. The molecule has 1 aliphatic heterocycles. The van der Waals surface area contributed by atoms with Gasteiger partial charge in [-0.3, -0.25) is 25.4 Å². The van der Waals surface area contributed by atoms with Crippen LogP contribution in [0.1, 0.15) is 35.0 Å². The van der Waals surface area contributed by atoms with Gasteiger partial charge in [0.2, 0.25) is 5.91 Å². The summed E-state index contributed by atoms with van der Waals surface area (Å²) >= 11 is 0. The molecule has 4 rings (SSSR count). The Hall–Kier alpha value is -4.42. The number of nitrogens with zero attached hydrogens (tertiary/aromatic N) is 6. The molecule has 3 heterocycles.